The number of halogens is 3. The molecule has 0 saturated heterocycles. The van der Waals surface area contributed by atoms with E-state index in [2.05, 4.69) is 52.5 Å². The summed E-state index contributed by atoms with van der Waals surface area (Å²) in [5.41, 5.74) is 0. The average Bonchev–Trinajstić information content (AvgIpc) is 2.10. The Bertz CT molecular complexity index is 250. The molecule has 0 aliphatic heterocycles. The van der Waals surface area contributed by atoms with Gasteiger partial charge in [-0.3, -0.25) is 0 Å². The highest BCUT2D eigenvalue weighted by molar-refractivity contribution is 9.39. The van der Waals surface area contributed by atoms with Gasteiger partial charge in [-0.1, -0.05) is 47.8 Å². The maximum atomic E-state index is 11.0. The number of aliphatic hydroxyl groups excluding tert-OH is 2. The Balaban J connectivity index is 4.17. The van der Waals surface area contributed by atoms with Crippen molar-refractivity contribution in [3.05, 3.63) is 0 Å². The second kappa shape index (κ2) is 6.14. The molecule has 6 nitrogen and oxygen atoms in total. The molecule has 0 bridgehead atoms. The number of carbonyl (C=O) groups is 2. The van der Waals surface area contributed by atoms with Crippen LogP contribution < -0.4 is 0 Å². The number of ether oxygens (including phenoxy) is 1. The van der Waals surface area contributed by atoms with Gasteiger partial charge >= 0.3 is 11.9 Å². The molecule has 0 aromatic heterocycles. The second-order valence-corrected chi connectivity index (χ2v) is 9.70. The first-order valence-electron chi connectivity index (χ1n) is 3.47. The minimum atomic E-state index is -2.20. The predicted octanol–water partition coefficient (Wildman–Crippen LogP) is 0.175. The van der Waals surface area contributed by atoms with E-state index < -0.39 is 26.3 Å². The standard InChI is InChI=1S/C6H7Br3O6/c7-6(8,9)1-15-5(14)3(11)2(10)4(12)13/h2-3,10-11H,1H2,(H,12,13). The number of carbonyl (C=O) groups excluding carboxylic acids is 1. The molecule has 0 fully saturated rings. The lowest BCUT2D eigenvalue weighted by atomic mass is 10.2. The van der Waals surface area contributed by atoms with E-state index in [0.717, 1.165) is 0 Å². The van der Waals surface area contributed by atoms with Crippen LogP contribution in [0.1, 0.15) is 0 Å². The number of hydrogen-bond acceptors (Lipinski definition) is 5. The SMILES string of the molecule is O=C(O)C(O)C(O)C(=O)OCC(Br)(Br)Br. The molecule has 0 saturated carbocycles. The van der Waals surface area contributed by atoms with Gasteiger partial charge in [-0.15, -0.1) is 0 Å². The van der Waals surface area contributed by atoms with Gasteiger partial charge in [0.05, 0.1) is 0 Å². The van der Waals surface area contributed by atoms with Crippen molar-refractivity contribution < 1.29 is 29.6 Å². The Hall–Kier alpha value is 0.300. The van der Waals surface area contributed by atoms with Crippen LogP contribution in [0.15, 0.2) is 0 Å². The second-order valence-electron chi connectivity index (χ2n) is 2.45. The molecule has 2 unspecified atom stereocenters. The molecule has 0 heterocycles. The lowest BCUT2D eigenvalue weighted by molar-refractivity contribution is -0.169. The van der Waals surface area contributed by atoms with Gasteiger partial charge < -0.3 is 20.1 Å². The van der Waals surface area contributed by atoms with E-state index >= 15 is 0 Å². The smallest absolute Gasteiger partial charge is 0.338 e. The van der Waals surface area contributed by atoms with Gasteiger partial charge in [-0.2, -0.15) is 0 Å². The molecule has 0 aliphatic carbocycles. The first-order chi connectivity index (χ1) is 6.65. The van der Waals surface area contributed by atoms with Gasteiger partial charge in [0.25, 0.3) is 0 Å². The fourth-order valence-electron chi connectivity index (χ4n) is 0.502. The normalized spacial score (nSPS) is 15.5. The molecule has 0 spiro atoms. The van der Waals surface area contributed by atoms with Crippen LogP contribution in [0.4, 0.5) is 0 Å². The van der Waals surface area contributed by atoms with Gasteiger partial charge in [0.2, 0.25) is 0 Å². The van der Waals surface area contributed by atoms with E-state index in [1.54, 1.807) is 0 Å². The Labute approximate surface area is 110 Å². The number of carboxylic acid groups (broad SMARTS) is 1. The Kier molecular flexibility index (Phi) is 6.26. The lowest BCUT2D eigenvalue weighted by Crippen LogP contribution is -2.41. The third-order valence-electron chi connectivity index (χ3n) is 1.17. The summed E-state index contributed by atoms with van der Waals surface area (Å²) in [5.74, 6) is -2.94. The largest absolute Gasteiger partial charge is 0.479 e. The Morgan fingerprint density at radius 1 is 1.20 bits per heavy atom. The maximum Gasteiger partial charge on any atom is 0.338 e. The topological polar surface area (TPSA) is 104 Å². The molecule has 15 heavy (non-hydrogen) atoms. The molecule has 2 atom stereocenters. The van der Waals surface area contributed by atoms with Gasteiger partial charge in [0, 0.05) is 0 Å². The van der Waals surface area contributed by atoms with Crippen LogP contribution in [0.25, 0.3) is 0 Å². The number of alkyl halides is 3. The molecule has 3 N–H and O–H groups in total. The van der Waals surface area contributed by atoms with Gasteiger partial charge in [-0.05, 0) is 0 Å². The molecule has 0 radical (unpaired) electrons. The van der Waals surface area contributed by atoms with E-state index in [0.29, 0.717) is 0 Å². The molecule has 9 heteroatoms. The number of esters is 1. The minimum absolute atomic E-state index is 0.213. The quantitative estimate of drug-likeness (QED) is 0.447. The van der Waals surface area contributed by atoms with Crippen LogP contribution in [0.3, 0.4) is 0 Å². The third-order valence-corrected chi connectivity index (χ3v) is 1.86. The van der Waals surface area contributed by atoms with Gasteiger partial charge in [0.1, 0.15) is 6.61 Å². The van der Waals surface area contributed by atoms with E-state index in [-0.39, 0.29) is 6.61 Å². The highest BCUT2D eigenvalue weighted by atomic mass is 80.0. The summed E-state index contributed by atoms with van der Waals surface area (Å²) in [7, 11) is 0. The summed E-state index contributed by atoms with van der Waals surface area (Å²) in [5, 5.41) is 26.1. The van der Waals surface area contributed by atoms with Crippen LogP contribution >= 0.6 is 47.8 Å². The molecule has 0 amide bonds. The molecule has 0 aromatic carbocycles. The number of carboxylic acids is 1. The summed E-state index contributed by atoms with van der Waals surface area (Å²) in [6, 6.07) is 0. The van der Waals surface area contributed by atoms with Crippen LogP contribution in [-0.2, 0) is 14.3 Å². The molecule has 0 rings (SSSR count). The van der Waals surface area contributed by atoms with Crippen LogP contribution in [0.2, 0.25) is 0 Å². The van der Waals surface area contributed by atoms with Crippen molar-refractivity contribution in [2.24, 2.45) is 0 Å². The van der Waals surface area contributed by atoms with Crippen molar-refractivity contribution in [1.82, 2.24) is 0 Å². The van der Waals surface area contributed by atoms with E-state index in [9.17, 15) is 9.59 Å². The highest BCUT2D eigenvalue weighted by Gasteiger charge is 2.32. The zero-order valence-electron chi connectivity index (χ0n) is 7.06. The Morgan fingerprint density at radius 3 is 2.00 bits per heavy atom. The van der Waals surface area contributed by atoms with E-state index in [4.69, 9.17) is 15.3 Å². The van der Waals surface area contributed by atoms with E-state index in [1.807, 2.05) is 0 Å². The Morgan fingerprint density at radius 2 is 1.67 bits per heavy atom. The van der Waals surface area contributed by atoms with Crippen molar-refractivity contribution in [3.8, 4) is 0 Å². The zero-order valence-corrected chi connectivity index (χ0v) is 11.8. The third kappa shape index (κ3) is 6.46. The van der Waals surface area contributed by atoms with Gasteiger partial charge in [0.15, 0.2) is 14.4 Å². The highest BCUT2D eigenvalue weighted by Crippen LogP contribution is 2.33. The monoisotopic (exact) mass is 412 g/mol. The maximum absolute atomic E-state index is 11.0. The lowest BCUT2D eigenvalue weighted by Gasteiger charge is -2.16. The van der Waals surface area contributed by atoms with Gasteiger partial charge in [-0.25, -0.2) is 9.59 Å². The molecular formula is C6H7Br3O6. The number of aliphatic carboxylic acids is 1. The summed E-state index contributed by atoms with van der Waals surface area (Å²) >= 11 is 9.05. The summed E-state index contributed by atoms with van der Waals surface area (Å²) in [6.07, 6.45) is -4.31. The predicted molar refractivity (Wildman–Crippen MR) is 60.1 cm³/mol. The number of hydrogen-bond donors (Lipinski definition) is 3. The summed E-state index contributed by atoms with van der Waals surface area (Å²) in [4.78, 5) is 21.2. The van der Waals surface area contributed by atoms with E-state index in [1.165, 1.54) is 0 Å². The first kappa shape index (κ1) is 15.3. The number of rotatable bonds is 4. The molecular weight excluding hydrogens is 408 g/mol. The van der Waals surface area contributed by atoms with Crippen molar-refractivity contribution in [2.45, 2.75) is 14.4 Å². The first-order valence-corrected chi connectivity index (χ1v) is 5.85. The van der Waals surface area contributed by atoms with Crippen molar-refractivity contribution in [2.75, 3.05) is 6.61 Å². The van der Waals surface area contributed by atoms with Crippen LogP contribution in [0.5, 0.6) is 0 Å². The summed E-state index contributed by atoms with van der Waals surface area (Å²) < 4.78 is 3.64. The number of aliphatic hydroxyl groups is 2. The molecule has 0 aromatic rings. The van der Waals surface area contributed by atoms with Crippen LogP contribution in [0, 0.1) is 0 Å². The summed E-state index contributed by atoms with van der Waals surface area (Å²) in [6.45, 7) is -0.213. The van der Waals surface area contributed by atoms with Crippen molar-refractivity contribution >= 4 is 59.7 Å². The van der Waals surface area contributed by atoms with Crippen molar-refractivity contribution in [3.63, 3.8) is 0 Å². The minimum Gasteiger partial charge on any atom is -0.479 e. The molecule has 0 aliphatic rings. The van der Waals surface area contributed by atoms with Crippen molar-refractivity contribution in [1.29, 1.82) is 0 Å². The fraction of sp³-hybridized carbons (Fsp3) is 0.667. The molecule has 88 valence electrons. The fourth-order valence-corrected chi connectivity index (χ4v) is 0.846. The van der Waals surface area contributed by atoms with Crippen LogP contribution in [-0.4, -0.2) is 48.2 Å². The zero-order chi connectivity index (χ0) is 12.2. The average molecular weight is 415 g/mol.